The van der Waals surface area contributed by atoms with Crippen molar-refractivity contribution in [2.24, 2.45) is 0 Å². The Bertz CT molecular complexity index is 318. The van der Waals surface area contributed by atoms with Crippen LogP contribution < -0.4 is 10.1 Å². The minimum atomic E-state index is 0.852. The Labute approximate surface area is 85.6 Å². The summed E-state index contributed by atoms with van der Waals surface area (Å²) in [6, 6.07) is 6.03. The van der Waals surface area contributed by atoms with Crippen LogP contribution in [0.4, 0.5) is 5.69 Å². The Morgan fingerprint density at radius 3 is 2.86 bits per heavy atom. The fourth-order valence-corrected chi connectivity index (χ4v) is 1.21. The Kier molecular flexibility index (Phi) is 4.05. The fourth-order valence-electron chi connectivity index (χ4n) is 1.21. The molecule has 76 valence electrons. The van der Waals surface area contributed by atoms with E-state index in [0.717, 1.165) is 18.0 Å². The number of rotatable bonds is 4. The van der Waals surface area contributed by atoms with Crippen molar-refractivity contribution >= 4 is 5.69 Å². The molecule has 0 bridgehead atoms. The number of allylic oxidation sites excluding steroid dienone is 1. The minimum Gasteiger partial charge on any atom is -0.497 e. The molecule has 0 atom stereocenters. The number of nitrogens with one attached hydrogen (secondary N) is 1. The first-order valence-corrected chi connectivity index (χ1v) is 4.77. The van der Waals surface area contributed by atoms with E-state index in [1.807, 2.05) is 25.1 Å². The third-order valence-electron chi connectivity index (χ3n) is 2.09. The summed E-state index contributed by atoms with van der Waals surface area (Å²) >= 11 is 0. The molecular weight excluding hydrogens is 174 g/mol. The lowest BCUT2D eigenvalue weighted by Crippen LogP contribution is -2.00. The molecule has 0 amide bonds. The van der Waals surface area contributed by atoms with Crippen LogP contribution in [0.25, 0.3) is 0 Å². The molecular formula is C12H17NO. The van der Waals surface area contributed by atoms with Crippen molar-refractivity contribution in [2.75, 3.05) is 19.0 Å². The van der Waals surface area contributed by atoms with E-state index in [1.54, 1.807) is 7.11 Å². The van der Waals surface area contributed by atoms with E-state index < -0.39 is 0 Å². The van der Waals surface area contributed by atoms with E-state index in [4.69, 9.17) is 4.74 Å². The van der Waals surface area contributed by atoms with E-state index in [0.29, 0.717) is 0 Å². The Morgan fingerprint density at radius 1 is 1.43 bits per heavy atom. The van der Waals surface area contributed by atoms with Gasteiger partial charge in [-0.15, -0.1) is 0 Å². The van der Waals surface area contributed by atoms with E-state index in [2.05, 4.69) is 24.4 Å². The molecule has 1 aromatic carbocycles. The van der Waals surface area contributed by atoms with Gasteiger partial charge >= 0.3 is 0 Å². The molecule has 0 saturated carbocycles. The Hall–Kier alpha value is -1.44. The Morgan fingerprint density at radius 2 is 2.21 bits per heavy atom. The summed E-state index contributed by atoms with van der Waals surface area (Å²) in [5, 5.41) is 3.32. The number of ether oxygens (including phenoxy) is 1. The van der Waals surface area contributed by atoms with Crippen LogP contribution in [0.5, 0.6) is 5.75 Å². The zero-order valence-electron chi connectivity index (χ0n) is 9.00. The number of benzene rings is 1. The first-order valence-electron chi connectivity index (χ1n) is 4.77. The number of methoxy groups -OCH3 is 1. The van der Waals surface area contributed by atoms with Gasteiger partial charge in [-0.1, -0.05) is 18.2 Å². The molecule has 0 aliphatic carbocycles. The third kappa shape index (κ3) is 2.80. The highest BCUT2D eigenvalue weighted by Gasteiger charge is 1.98. The molecule has 0 fully saturated rings. The maximum Gasteiger partial charge on any atom is 0.120 e. The lowest BCUT2D eigenvalue weighted by molar-refractivity contribution is 0.415. The summed E-state index contributed by atoms with van der Waals surface area (Å²) in [7, 11) is 1.68. The third-order valence-corrected chi connectivity index (χ3v) is 2.09. The smallest absolute Gasteiger partial charge is 0.120 e. The lowest BCUT2D eigenvalue weighted by atomic mass is 10.2. The predicted octanol–water partition coefficient (Wildman–Crippen LogP) is 2.99. The van der Waals surface area contributed by atoms with Crippen LogP contribution >= 0.6 is 0 Å². The van der Waals surface area contributed by atoms with E-state index in [-0.39, 0.29) is 0 Å². The average Bonchev–Trinajstić information content (AvgIpc) is 2.21. The van der Waals surface area contributed by atoms with Gasteiger partial charge < -0.3 is 10.1 Å². The van der Waals surface area contributed by atoms with Crippen LogP contribution in [0.3, 0.4) is 0 Å². The van der Waals surface area contributed by atoms with Crippen LogP contribution in [0.1, 0.15) is 12.5 Å². The highest BCUT2D eigenvalue weighted by atomic mass is 16.5. The standard InChI is InChI=1S/C12H17NO/c1-4-5-8-13-12-9-11(14-3)7-6-10(12)2/h4-7,9,13H,8H2,1-3H3/b5-4+. The van der Waals surface area contributed by atoms with Crippen molar-refractivity contribution < 1.29 is 4.74 Å². The van der Waals surface area contributed by atoms with Crippen LogP contribution in [-0.2, 0) is 0 Å². The van der Waals surface area contributed by atoms with Gasteiger partial charge in [-0.25, -0.2) is 0 Å². The van der Waals surface area contributed by atoms with Gasteiger partial charge in [0.1, 0.15) is 5.75 Å². The second-order valence-electron chi connectivity index (χ2n) is 3.13. The first-order chi connectivity index (χ1) is 6.77. The highest BCUT2D eigenvalue weighted by molar-refractivity contribution is 5.54. The molecule has 2 nitrogen and oxygen atoms in total. The van der Waals surface area contributed by atoms with E-state index >= 15 is 0 Å². The predicted molar refractivity (Wildman–Crippen MR) is 61.0 cm³/mol. The summed E-state index contributed by atoms with van der Waals surface area (Å²) in [5.41, 5.74) is 2.36. The van der Waals surface area contributed by atoms with Crippen molar-refractivity contribution in [3.8, 4) is 5.75 Å². The van der Waals surface area contributed by atoms with Crippen LogP contribution in [-0.4, -0.2) is 13.7 Å². The maximum atomic E-state index is 5.16. The molecule has 0 aliphatic heterocycles. The lowest BCUT2D eigenvalue weighted by Gasteiger charge is -2.09. The topological polar surface area (TPSA) is 21.3 Å². The zero-order chi connectivity index (χ0) is 10.4. The van der Waals surface area contributed by atoms with Crippen molar-refractivity contribution in [3.05, 3.63) is 35.9 Å². The molecule has 1 N–H and O–H groups in total. The van der Waals surface area contributed by atoms with Gasteiger partial charge in [0.15, 0.2) is 0 Å². The van der Waals surface area contributed by atoms with Crippen molar-refractivity contribution in [3.63, 3.8) is 0 Å². The van der Waals surface area contributed by atoms with Gasteiger partial charge in [0, 0.05) is 18.3 Å². The molecule has 1 rings (SSSR count). The molecule has 0 aromatic heterocycles. The van der Waals surface area contributed by atoms with Gasteiger partial charge in [-0.2, -0.15) is 0 Å². The first kappa shape index (κ1) is 10.6. The van der Waals surface area contributed by atoms with Gasteiger partial charge in [0.05, 0.1) is 7.11 Å². The molecule has 0 aliphatic rings. The largest absolute Gasteiger partial charge is 0.497 e. The SMILES string of the molecule is C/C=C/CNc1cc(OC)ccc1C. The maximum absolute atomic E-state index is 5.16. The van der Waals surface area contributed by atoms with Crippen molar-refractivity contribution in [1.82, 2.24) is 0 Å². The fraction of sp³-hybridized carbons (Fsp3) is 0.333. The van der Waals surface area contributed by atoms with Crippen LogP contribution in [0.2, 0.25) is 0 Å². The summed E-state index contributed by atoms with van der Waals surface area (Å²) < 4.78 is 5.16. The molecule has 0 unspecified atom stereocenters. The van der Waals surface area contributed by atoms with Gasteiger partial charge in [-0.3, -0.25) is 0 Å². The summed E-state index contributed by atoms with van der Waals surface area (Å²) in [4.78, 5) is 0. The number of anilines is 1. The number of aryl methyl sites for hydroxylation is 1. The monoisotopic (exact) mass is 191 g/mol. The average molecular weight is 191 g/mol. The summed E-state index contributed by atoms with van der Waals surface area (Å²) in [5.74, 6) is 0.888. The second-order valence-corrected chi connectivity index (χ2v) is 3.13. The normalized spacial score (nSPS) is 10.5. The van der Waals surface area contributed by atoms with Crippen molar-refractivity contribution in [2.45, 2.75) is 13.8 Å². The molecule has 0 heterocycles. The van der Waals surface area contributed by atoms with Crippen molar-refractivity contribution in [1.29, 1.82) is 0 Å². The quantitative estimate of drug-likeness (QED) is 0.739. The summed E-state index contributed by atoms with van der Waals surface area (Å²) in [6.45, 7) is 4.95. The minimum absolute atomic E-state index is 0.852. The molecule has 0 saturated heterocycles. The molecule has 1 aromatic rings. The van der Waals surface area contributed by atoms with Crippen LogP contribution in [0, 0.1) is 6.92 Å². The zero-order valence-corrected chi connectivity index (χ0v) is 9.00. The van der Waals surface area contributed by atoms with Gasteiger partial charge in [0.25, 0.3) is 0 Å². The molecule has 2 heteroatoms. The molecule has 14 heavy (non-hydrogen) atoms. The number of hydrogen-bond acceptors (Lipinski definition) is 2. The Balaban J connectivity index is 2.73. The molecule has 0 radical (unpaired) electrons. The molecule has 0 spiro atoms. The van der Waals surface area contributed by atoms with E-state index in [9.17, 15) is 0 Å². The highest BCUT2D eigenvalue weighted by Crippen LogP contribution is 2.21. The van der Waals surface area contributed by atoms with Gasteiger partial charge in [-0.05, 0) is 25.5 Å². The number of hydrogen-bond donors (Lipinski definition) is 1. The summed E-state index contributed by atoms with van der Waals surface area (Å²) in [6.07, 6.45) is 4.11. The van der Waals surface area contributed by atoms with E-state index in [1.165, 1.54) is 5.56 Å². The second kappa shape index (κ2) is 5.32. The van der Waals surface area contributed by atoms with Crippen LogP contribution in [0.15, 0.2) is 30.4 Å². The van der Waals surface area contributed by atoms with Gasteiger partial charge in [0.2, 0.25) is 0 Å².